The minimum Gasteiger partial charge on any atom is -0.507 e. The molecule has 3 nitrogen and oxygen atoms in total. The highest BCUT2D eigenvalue weighted by molar-refractivity contribution is 6.08. The molecule has 1 aromatic carbocycles. The summed E-state index contributed by atoms with van der Waals surface area (Å²) in [5.74, 6) is 1.13. The molecule has 0 spiro atoms. The van der Waals surface area contributed by atoms with Gasteiger partial charge in [0.2, 0.25) is 0 Å². The van der Waals surface area contributed by atoms with Gasteiger partial charge in [-0.25, -0.2) is 0 Å². The van der Waals surface area contributed by atoms with Gasteiger partial charge in [-0.3, -0.25) is 0 Å². The van der Waals surface area contributed by atoms with E-state index in [4.69, 9.17) is 13.6 Å². The van der Waals surface area contributed by atoms with E-state index in [0.29, 0.717) is 18.0 Å². The third-order valence-electron chi connectivity index (χ3n) is 4.03. The van der Waals surface area contributed by atoms with Gasteiger partial charge in [0.1, 0.15) is 5.75 Å². The number of benzene rings is 1. The van der Waals surface area contributed by atoms with Gasteiger partial charge in [0.25, 0.3) is 0 Å². The second kappa shape index (κ2) is 6.44. The standard InChI is InChI=1S/C15H23BN2O/c1-11-14(3-2-13(4-5-16)15(11)19)8-12-9-18(10-12)7-6-17/h2-3,12,19H,4-10,17H2,1H3. The quantitative estimate of drug-likeness (QED) is 0.755. The first kappa shape index (κ1) is 14.4. The largest absolute Gasteiger partial charge is 0.507 e. The number of hydrogen-bond donors (Lipinski definition) is 2. The first-order valence-electron chi connectivity index (χ1n) is 7.08. The second-order valence-electron chi connectivity index (χ2n) is 5.51. The van der Waals surface area contributed by atoms with E-state index in [2.05, 4.69) is 11.0 Å². The van der Waals surface area contributed by atoms with Crippen LogP contribution in [0, 0.1) is 12.8 Å². The normalized spacial score (nSPS) is 16.5. The Morgan fingerprint density at radius 2 is 2.05 bits per heavy atom. The number of nitrogens with two attached hydrogens (primary N) is 1. The summed E-state index contributed by atoms with van der Waals surface area (Å²) < 4.78 is 0. The molecule has 2 rings (SSSR count). The summed E-state index contributed by atoms with van der Waals surface area (Å²) in [6, 6.07) is 4.16. The Balaban J connectivity index is 1.96. The molecular formula is C15H23BN2O. The maximum Gasteiger partial charge on any atom is 0.121 e. The minimum absolute atomic E-state index is 0.432. The molecule has 1 aliphatic rings. The highest BCUT2D eigenvalue weighted by Crippen LogP contribution is 2.29. The SMILES string of the molecule is [B]CCc1ccc(CC2CN(CCN)C2)c(C)c1O. The fourth-order valence-electron chi connectivity index (χ4n) is 2.86. The van der Waals surface area contributed by atoms with Gasteiger partial charge in [0, 0.05) is 26.2 Å². The zero-order valence-corrected chi connectivity index (χ0v) is 11.7. The van der Waals surface area contributed by atoms with Gasteiger partial charge in [-0.05, 0) is 42.4 Å². The van der Waals surface area contributed by atoms with Crippen LogP contribution in [0.25, 0.3) is 0 Å². The van der Waals surface area contributed by atoms with E-state index in [1.807, 2.05) is 13.0 Å². The molecule has 0 aromatic heterocycles. The van der Waals surface area contributed by atoms with Crippen LogP contribution < -0.4 is 5.73 Å². The van der Waals surface area contributed by atoms with Crippen molar-refractivity contribution < 1.29 is 5.11 Å². The third kappa shape index (κ3) is 3.31. The van der Waals surface area contributed by atoms with E-state index in [0.717, 1.165) is 50.1 Å². The lowest BCUT2D eigenvalue weighted by Gasteiger charge is -2.39. The molecule has 0 amide bonds. The summed E-state index contributed by atoms with van der Waals surface area (Å²) in [7, 11) is 5.55. The number of nitrogens with zero attached hydrogens (tertiary/aromatic N) is 1. The number of hydrogen-bond acceptors (Lipinski definition) is 3. The summed E-state index contributed by atoms with van der Waals surface area (Å²) >= 11 is 0. The van der Waals surface area contributed by atoms with Gasteiger partial charge in [0.15, 0.2) is 0 Å². The number of aromatic hydroxyl groups is 1. The van der Waals surface area contributed by atoms with Crippen molar-refractivity contribution >= 4 is 7.85 Å². The van der Waals surface area contributed by atoms with E-state index < -0.39 is 0 Å². The number of phenols is 1. The molecule has 1 aliphatic heterocycles. The maximum absolute atomic E-state index is 10.2. The smallest absolute Gasteiger partial charge is 0.121 e. The number of rotatable bonds is 6. The topological polar surface area (TPSA) is 49.5 Å². The van der Waals surface area contributed by atoms with Crippen molar-refractivity contribution in [2.75, 3.05) is 26.2 Å². The maximum atomic E-state index is 10.2. The third-order valence-corrected chi connectivity index (χ3v) is 4.03. The molecule has 0 bridgehead atoms. The lowest BCUT2D eigenvalue weighted by Crippen LogP contribution is -2.49. The summed E-state index contributed by atoms with van der Waals surface area (Å²) in [4.78, 5) is 2.38. The molecule has 1 aromatic rings. The van der Waals surface area contributed by atoms with Crippen molar-refractivity contribution in [1.29, 1.82) is 0 Å². The Labute approximate surface area is 117 Å². The number of likely N-dealkylation sites (tertiary alicyclic amines) is 1. The zero-order valence-electron chi connectivity index (χ0n) is 11.7. The summed E-state index contributed by atoms with van der Waals surface area (Å²) in [6.45, 7) is 5.99. The van der Waals surface area contributed by atoms with Crippen LogP contribution in [0.3, 0.4) is 0 Å². The molecule has 1 saturated heterocycles. The van der Waals surface area contributed by atoms with Crippen LogP contribution in [0.15, 0.2) is 12.1 Å². The molecule has 4 heteroatoms. The molecule has 0 aliphatic carbocycles. The molecular weight excluding hydrogens is 235 g/mol. The summed E-state index contributed by atoms with van der Waals surface area (Å²) in [5.41, 5.74) is 8.78. The van der Waals surface area contributed by atoms with Gasteiger partial charge in [-0.1, -0.05) is 18.5 Å². The highest BCUT2D eigenvalue weighted by atomic mass is 16.3. The van der Waals surface area contributed by atoms with Crippen molar-refractivity contribution in [3.63, 3.8) is 0 Å². The van der Waals surface area contributed by atoms with E-state index in [1.165, 1.54) is 5.56 Å². The van der Waals surface area contributed by atoms with E-state index in [-0.39, 0.29) is 0 Å². The van der Waals surface area contributed by atoms with Crippen molar-refractivity contribution in [1.82, 2.24) is 4.90 Å². The molecule has 19 heavy (non-hydrogen) atoms. The fraction of sp³-hybridized carbons (Fsp3) is 0.600. The van der Waals surface area contributed by atoms with Crippen LogP contribution in [0.4, 0.5) is 0 Å². The zero-order chi connectivity index (χ0) is 13.8. The highest BCUT2D eigenvalue weighted by Gasteiger charge is 2.26. The molecule has 0 saturated carbocycles. The van der Waals surface area contributed by atoms with Crippen molar-refractivity contribution in [3.8, 4) is 5.75 Å². The second-order valence-corrected chi connectivity index (χ2v) is 5.51. The van der Waals surface area contributed by atoms with Crippen LogP contribution in [0.5, 0.6) is 5.75 Å². The molecule has 3 N–H and O–H groups in total. The summed E-state index contributed by atoms with van der Waals surface area (Å²) in [5, 5.41) is 10.2. The van der Waals surface area contributed by atoms with Crippen LogP contribution >= 0.6 is 0 Å². The molecule has 0 atom stereocenters. The lowest BCUT2D eigenvalue weighted by molar-refractivity contribution is 0.105. The van der Waals surface area contributed by atoms with Gasteiger partial charge < -0.3 is 15.7 Å². The van der Waals surface area contributed by atoms with Crippen LogP contribution in [0.1, 0.15) is 16.7 Å². The lowest BCUT2D eigenvalue weighted by atomic mass is 9.88. The first-order valence-corrected chi connectivity index (χ1v) is 7.08. The predicted octanol–water partition coefficient (Wildman–Crippen LogP) is 1.26. The molecule has 2 radical (unpaired) electrons. The molecule has 102 valence electrons. The fourth-order valence-corrected chi connectivity index (χ4v) is 2.86. The van der Waals surface area contributed by atoms with E-state index in [9.17, 15) is 5.11 Å². The Morgan fingerprint density at radius 3 is 2.68 bits per heavy atom. The van der Waals surface area contributed by atoms with Gasteiger partial charge in [-0.15, -0.1) is 0 Å². The Morgan fingerprint density at radius 1 is 1.37 bits per heavy atom. The van der Waals surface area contributed by atoms with Crippen molar-refractivity contribution in [2.24, 2.45) is 11.7 Å². The average molecular weight is 258 g/mol. The average Bonchev–Trinajstić information content (AvgIpc) is 2.35. The Bertz CT molecular complexity index is 430. The molecule has 1 fully saturated rings. The van der Waals surface area contributed by atoms with E-state index in [1.54, 1.807) is 0 Å². The monoisotopic (exact) mass is 258 g/mol. The first-order chi connectivity index (χ1) is 9.15. The Kier molecular flexibility index (Phi) is 4.89. The van der Waals surface area contributed by atoms with Crippen LogP contribution in [-0.4, -0.2) is 44.0 Å². The van der Waals surface area contributed by atoms with Gasteiger partial charge in [0.05, 0.1) is 7.85 Å². The summed E-state index contributed by atoms with van der Waals surface area (Å²) in [6.07, 6.45) is 2.35. The van der Waals surface area contributed by atoms with Crippen molar-refractivity contribution in [3.05, 3.63) is 28.8 Å². The van der Waals surface area contributed by atoms with Crippen LogP contribution in [0.2, 0.25) is 6.32 Å². The molecule has 1 heterocycles. The van der Waals surface area contributed by atoms with Crippen molar-refractivity contribution in [2.45, 2.75) is 26.1 Å². The number of phenolic OH excluding ortho intramolecular Hbond substituents is 1. The Hall–Kier alpha value is -0.995. The van der Waals surface area contributed by atoms with E-state index >= 15 is 0 Å². The van der Waals surface area contributed by atoms with Crippen LogP contribution in [-0.2, 0) is 12.8 Å². The number of aryl methyl sites for hydroxylation is 1. The van der Waals surface area contributed by atoms with Gasteiger partial charge in [-0.2, -0.15) is 0 Å². The molecule has 0 unspecified atom stereocenters. The van der Waals surface area contributed by atoms with Gasteiger partial charge >= 0.3 is 0 Å². The predicted molar refractivity (Wildman–Crippen MR) is 79.8 cm³/mol. The minimum atomic E-state index is 0.432.